The van der Waals surface area contributed by atoms with Gasteiger partial charge < -0.3 is 9.15 Å². The van der Waals surface area contributed by atoms with Crippen molar-refractivity contribution in [1.29, 1.82) is 0 Å². The molecule has 2 rings (SSSR count). The average Bonchev–Trinajstić information content (AvgIpc) is 2.70. The van der Waals surface area contributed by atoms with Crippen LogP contribution in [0.1, 0.15) is 12.8 Å². The molecule has 0 amide bonds. The summed E-state index contributed by atoms with van der Waals surface area (Å²) < 4.78 is 46.7. The topological polar surface area (TPSA) is 38.5 Å². The summed E-state index contributed by atoms with van der Waals surface area (Å²) in [5, 5.41) is 0. The minimum absolute atomic E-state index is 0.296. The summed E-state index contributed by atoms with van der Waals surface area (Å²) in [6, 6.07) is 0. The Morgan fingerprint density at radius 3 is 2.56 bits per heavy atom. The zero-order valence-corrected chi connectivity index (χ0v) is 8.58. The minimum atomic E-state index is -4.48. The number of rotatable bonds is 1. The van der Waals surface area contributed by atoms with Gasteiger partial charge in [-0.1, -0.05) is 0 Å². The quantitative estimate of drug-likeness (QED) is 0.748. The van der Waals surface area contributed by atoms with E-state index in [9.17, 15) is 13.2 Å². The highest BCUT2D eigenvalue weighted by Crippen LogP contribution is 2.34. The normalized spacial score (nSPS) is 20.9. The predicted molar refractivity (Wildman–Crippen MR) is 48.4 cm³/mol. The Balaban J connectivity index is 2.27. The Labute approximate surface area is 89.3 Å². The van der Waals surface area contributed by atoms with E-state index in [1.165, 1.54) is 18.1 Å². The lowest BCUT2D eigenvalue weighted by Gasteiger charge is -2.17. The van der Waals surface area contributed by atoms with E-state index in [4.69, 9.17) is 4.42 Å². The maximum absolute atomic E-state index is 12.4. The van der Waals surface area contributed by atoms with Crippen LogP contribution < -0.4 is 4.90 Å². The highest BCUT2D eigenvalue weighted by atomic mass is 19.4. The molecule has 88 valence electrons. The Morgan fingerprint density at radius 1 is 1.44 bits per heavy atom. The molecule has 0 radical (unpaired) electrons. The summed E-state index contributed by atoms with van der Waals surface area (Å²) in [5.74, 6) is -0.346. The van der Waals surface area contributed by atoms with E-state index in [2.05, 4.69) is 9.72 Å². The molecule has 1 atom stereocenters. The third-order valence-corrected chi connectivity index (χ3v) is 2.10. The molecule has 7 heteroatoms. The highest BCUT2D eigenvalue weighted by Gasteiger charge is 2.42. The molecule has 0 aromatic carbocycles. The van der Waals surface area contributed by atoms with Gasteiger partial charge >= 0.3 is 6.18 Å². The first kappa shape index (κ1) is 10.8. The molecule has 0 N–H and O–H groups in total. The fraction of sp³-hybridized carbons (Fsp3) is 0.444. The summed E-state index contributed by atoms with van der Waals surface area (Å²) in [4.78, 5) is 5.19. The van der Waals surface area contributed by atoms with Crippen LogP contribution >= 0.6 is 0 Å². The fourth-order valence-corrected chi connectivity index (χ4v) is 1.37. The number of aryl methyl sites for hydroxylation is 1. The standard InChI is InChI=1S/C9H9F3N2O2/c1-5-13-8(4-15-5)14-3-7(9(10,11)12)16-6(14)2/h3-4,6H,1-2H3. The van der Waals surface area contributed by atoms with Crippen molar-refractivity contribution in [2.45, 2.75) is 26.3 Å². The average molecular weight is 234 g/mol. The van der Waals surface area contributed by atoms with Crippen molar-refractivity contribution in [1.82, 2.24) is 4.98 Å². The van der Waals surface area contributed by atoms with Crippen LogP contribution in [0.2, 0.25) is 0 Å². The number of hydrogen-bond donors (Lipinski definition) is 0. The Kier molecular flexibility index (Phi) is 2.32. The number of ether oxygens (including phenoxy) is 1. The van der Waals surface area contributed by atoms with Gasteiger partial charge in [-0.3, -0.25) is 4.90 Å². The summed E-state index contributed by atoms with van der Waals surface area (Å²) in [6.07, 6.45) is -3.07. The monoisotopic (exact) mass is 234 g/mol. The number of halogens is 3. The molecule has 0 spiro atoms. The number of nitrogens with zero attached hydrogens (tertiary/aromatic N) is 2. The number of aromatic nitrogens is 1. The molecule has 0 saturated heterocycles. The highest BCUT2D eigenvalue weighted by molar-refractivity contribution is 5.43. The lowest BCUT2D eigenvalue weighted by Crippen LogP contribution is -2.24. The molecule has 1 unspecified atom stereocenters. The van der Waals surface area contributed by atoms with E-state index >= 15 is 0 Å². The van der Waals surface area contributed by atoms with E-state index < -0.39 is 18.2 Å². The molecule has 1 aromatic heterocycles. The number of hydrogen-bond acceptors (Lipinski definition) is 4. The van der Waals surface area contributed by atoms with Crippen LogP contribution in [0.15, 0.2) is 22.6 Å². The number of anilines is 1. The van der Waals surface area contributed by atoms with Crippen LogP contribution in [0.3, 0.4) is 0 Å². The van der Waals surface area contributed by atoms with E-state index in [-0.39, 0.29) is 0 Å². The lowest BCUT2D eigenvalue weighted by atomic mass is 10.5. The van der Waals surface area contributed by atoms with E-state index in [1.54, 1.807) is 6.92 Å². The third-order valence-electron chi connectivity index (χ3n) is 2.10. The molecular weight excluding hydrogens is 225 g/mol. The number of oxazole rings is 1. The summed E-state index contributed by atoms with van der Waals surface area (Å²) >= 11 is 0. The number of allylic oxidation sites excluding steroid dienone is 1. The molecule has 0 saturated carbocycles. The molecule has 0 bridgehead atoms. The van der Waals surface area contributed by atoms with Crippen molar-refractivity contribution in [2.24, 2.45) is 0 Å². The number of alkyl halides is 3. The Bertz CT molecular complexity index is 425. The van der Waals surface area contributed by atoms with Crippen molar-refractivity contribution in [3.05, 3.63) is 24.1 Å². The fourth-order valence-electron chi connectivity index (χ4n) is 1.37. The van der Waals surface area contributed by atoms with E-state index in [0.717, 1.165) is 6.20 Å². The van der Waals surface area contributed by atoms with Crippen LogP contribution in [0.4, 0.5) is 19.0 Å². The first-order valence-electron chi connectivity index (χ1n) is 4.54. The van der Waals surface area contributed by atoms with Crippen LogP contribution in [-0.4, -0.2) is 17.4 Å². The lowest BCUT2D eigenvalue weighted by molar-refractivity contribution is -0.132. The Morgan fingerprint density at radius 2 is 2.12 bits per heavy atom. The van der Waals surface area contributed by atoms with E-state index in [1.807, 2.05) is 0 Å². The molecule has 1 aliphatic rings. The molecular formula is C9H9F3N2O2. The second-order valence-corrected chi connectivity index (χ2v) is 3.34. The van der Waals surface area contributed by atoms with Crippen LogP contribution in [0, 0.1) is 6.92 Å². The SMILES string of the molecule is Cc1nc(N2C=C(C(F)(F)F)OC2C)co1. The Hall–Kier alpha value is -1.66. The van der Waals surface area contributed by atoms with Gasteiger partial charge in [-0.25, -0.2) is 0 Å². The van der Waals surface area contributed by atoms with Crippen molar-refractivity contribution in [2.75, 3.05) is 4.90 Å². The van der Waals surface area contributed by atoms with Gasteiger partial charge in [0.15, 0.2) is 17.9 Å². The van der Waals surface area contributed by atoms with E-state index in [0.29, 0.717) is 11.7 Å². The maximum atomic E-state index is 12.4. The first-order valence-corrected chi connectivity index (χ1v) is 4.54. The molecule has 1 aliphatic heterocycles. The summed E-state index contributed by atoms with van der Waals surface area (Å²) in [5.41, 5.74) is 0. The predicted octanol–water partition coefficient (Wildman–Crippen LogP) is 2.57. The van der Waals surface area contributed by atoms with Gasteiger partial charge in [-0.15, -0.1) is 0 Å². The van der Waals surface area contributed by atoms with Crippen LogP contribution in [-0.2, 0) is 4.74 Å². The van der Waals surface area contributed by atoms with Crippen molar-refractivity contribution in [3.63, 3.8) is 0 Å². The molecule has 0 fully saturated rings. The van der Waals surface area contributed by atoms with Gasteiger partial charge in [0, 0.05) is 6.92 Å². The smallest absolute Gasteiger partial charge is 0.450 e. The maximum Gasteiger partial charge on any atom is 0.450 e. The first-order chi connectivity index (χ1) is 7.38. The van der Waals surface area contributed by atoms with Gasteiger partial charge in [-0.2, -0.15) is 18.2 Å². The van der Waals surface area contributed by atoms with Crippen molar-refractivity contribution >= 4 is 5.82 Å². The largest absolute Gasteiger partial charge is 0.464 e. The zero-order valence-electron chi connectivity index (χ0n) is 8.58. The minimum Gasteiger partial charge on any atom is -0.464 e. The van der Waals surface area contributed by atoms with Crippen LogP contribution in [0.25, 0.3) is 0 Å². The zero-order chi connectivity index (χ0) is 11.9. The van der Waals surface area contributed by atoms with Crippen molar-refractivity contribution in [3.8, 4) is 0 Å². The molecule has 2 heterocycles. The molecule has 0 aliphatic carbocycles. The molecule has 1 aromatic rings. The van der Waals surface area contributed by atoms with Gasteiger partial charge in [0.25, 0.3) is 0 Å². The van der Waals surface area contributed by atoms with Gasteiger partial charge in [0.1, 0.15) is 6.26 Å². The van der Waals surface area contributed by atoms with Gasteiger partial charge in [-0.05, 0) is 6.92 Å². The third kappa shape index (κ3) is 1.84. The second kappa shape index (κ2) is 3.43. The van der Waals surface area contributed by atoms with Crippen LogP contribution in [0.5, 0.6) is 0 Å². The summed E-state index contributed by atoms with van der Waals surface area (Å²) in [6.45, 7) is 3.11. The van der Waals surface area contributed by atoms with Gasteiger partial charge in [0.2, 0.25) is 5.76 Å². The van der Waals surface area contributed by atoms with Gasteiger partial charge in [0.05, 0.1) is 6.20 Å². The van der Waals surface area contributed by atoms with Crippen molar-refractivity contribution < 1.29 is 22.3 Å². The summed E-state index contributed by atoms with van der Waals surface area (Å²) in [7, 11) is 0. The second-order valence-electron chi connectivity index (χ2n) is 3.34. The molecule has 4 nitrogen and oxygen atoms in total. The molecule has 16 heavy (non-hydrogen) atoms.